The van der Waals surface area contributed by atoms with E-state index in [1.165, 1.54) is 234 Å². The Bertz CT molecular complexity index is 2160. The van der Waals surface area contributed by atoms with Gasteiger partial charge in [0.25, 0.3) is 0 Å². The van der Waals surface area contributed by atoms with Gasteiger partial charge in [-0.2, -0.15) is 0 Å². The highest BCUT2D eigenvalue weighted by Gasteiger charge is 2.14. The highest BCUT2D eigenvalue weighted by atomic mass is 14.2. The van der Waals surface area contributed by atoms with E-state index in [-0.39, 0.29) is 0 Å². The molecule has 0 unspecified atom stereocenters. The summed E-state index contributed by atoms with van der Waals surface area (Å²) < 4.78 is 0. The van der Waals surface area contributed by atoms with Gasteiger partial charge in [-0.05, 0) is 524 Å². The first-order valence-corrected chi connectivity index (χ1v) is 31.5. The molecule has 0 saturated carbocycles. The van der Waals surface area contributed by atoms with Gasteiger partial charge in [0.1, 0.15) is 0 Å². The Labute approximate surface area is 521 Å². The molecule has 462 valence electrons. The van der Waals surface area contributed by atoms with Crippen molar-refractivity contribution in [2.45, 2.75) is 291 Å². The topological polar surface area (TPSA) is 0 Å². The fourth-order valence-corrected chi connectivity index (χ4v) is 11.8. The van der Waals surface area contributed by atoms with Gasteiger partial charge >= 0.3 is 0 Å². The lowest BCUT2D eigenvalue weighted by Crippen LogP contribution is -1.98. The van der Waals surface area contributed by atoms with E-state index >= 15 is 0 Å². The molecule has 7 aromatic rings. The number of hydrogen-bond donors (Lipinski definition) is 0. The third-order valence-electron chi connectivity index (χ3n) is 23.6. The van der Waals surface area contributed by atoms with Gasteiger partial charge in [-0.1, -0.05) is 0 Å². The fourth-order valence-electron chi connectivity index (χ4n) is 11.8. The molecular weight excluding hydrogens is 1010 g/mol. The first-order valence-electron chi connectivity index (χ1n) is 31.5. The van der Waals surface area contributed by atoms with Gasteiger partial charge < -0.3 is 0 Å². The summed E-state index contributed by atoms with van der Waals surface area (Å²) in [4.78, 5) is 0. The van der Waals surface area contributed by atoms with E-state index in [0.717, 1.165) is 0 Å². The van der Waals surface area contributed by atoms with E-state index in [1.54, 1.807) is 0 Å². The average molecular weight is 1140 g/mol. The van der Waals surface area contributed by atoms with Crippen LogP contribution in [-0.2, 0) is 0 Å². The van der Waals surface area contributed by atoms with E-state index < -0.39 is 0 Å². The normalized spacial score (nSPS) is 10.5. The van der Waals surface area contributed by atoms with Gasteiger partial charge in [-0.15, -0.1) is 0 Å². The lowest BCUT2D eigenvalue weighted by Gasteiger charge is -2.15. The second-order valence-electron chi connectivity index (χ2n) is 26.2. The lowest BCUT2D eigenvalue weighted by molar-refractivity contribution is 1.13. The maximum atomic E-state index is 2.21. The molecule has 0 nitrogen and oxygen atoms in total. The van der Waals surface area contributed by atoms with Crippen molar-refractivity contribution in [3.05, 3.63) is 234 Å². The van der Waals surface area contributed by atoms with Crippen molar-refractivity contribution >= 4 is 0 Å². The molecule has 84 heavy (non-hydrogen) atoms. The van der Waals surface area contributed by atoms with Crippen LogP contribution < -0.4 is 0 Å². The second kappa shape index (κ2) is 31.3. The maximum absolute atomic E-state index is 2.21. The summed E-state index contributed by atoms with van der Waals surface area (Å²) in [5.74, 6) is 0. The van der Waals surface area contributed by atoms with Gasteiger partial charge in [0, 0.05) is 0 Å². The van der Waals surface area contributed by atoms with Gasteiger partial charge in [-0.25, -0.2) is 0 Å². The minimum Gasteiger partial charge on any atom is -0.0447 e. The van der Waals surface area contributed by atoms with Crippen LogP contribution in [0.3, 0.4) is 0 Å². The molecule has 0 heterocycles. The minimum atomic E-state index is 1.45. The molecular formula is C84H126. The second-order valence-corrected chi connectivity index (χ2v) is 26.2. The standard InChI is InChI=1S/7C12H18/c7*1-7-8(2)10(4)12(6)11(5)9(7)3/h7*1-6H3. The molecule has 0 aliphatic carbocycles. The highest BCUT2D eigenvalue weighted by Crippen LogP contribution is 2.31. The molecule has 7 rings (SSSR count). The predicted molar refractivity (Wildman–Crippen MR) is 384 cm³/mol. The summed E-state index contributed by atoms with van der Waals surface area (Å²) in [6.45, 7) is 92.9. The maximum Gasteiger partial charge on any atom is -0.0392 e. The summed E-state index contributed by atoms with van der Waals surface area (Å²) in [6.07, 6.45) is 0. The van der Waals surface area contributed by atoms with E-state index in [0.29, 0.717) is 0 Å². The van der Waals surface area contributed by atoms with Gasteiger partial charge in [0.05, 0.1) is 0 Å². The van der Waals surface area contributed by atoms with Crippen LogP contribution in [0.2, 0.25) is 0 Å². The lowest BCUT2D eigenvalue weighted by atomic mass is 9.90. The Morgan fingerprint density at radius 1 is 0.0476 bits per heavy atom. The third-order valence-corrected chi connectivity index (χ3v) is 23.6. The Hall–Kier alpha value is -5.46. The van der Waals surface area contributed by atoms with Crippen molar-refractivity contribution in [1.82, 2.24) is 0 Å². The summed E-state index contributed by atoms with van der Waals surface area (Å²) in [5.41, 5.74) is 61.1. The number of rotatable bonds is 0. The quantitative estimate of drug-likeness (QED) is 0.142. The zero-order chi connectivity index (χ0) is 66.2. The van der Waals surface area contributed by atoms with Crippen LogP contribution in [0.4, 0.5) is 0 Å². The van der Waals surface area contributed by atoms with Crippen molar-refractivity contribution in [1.29, 1.82) is 0 Å². The van der Waals surface area contributed by atoms with E-state index in [4.69, 9.17) is 0 Å². The summed E-state index contributed by atoms with van der Waals surface area (Å²) in [7, 11) is 0. The number of hydrogen-bond acceptors (Lipinski definition) is 0. The molecule has 0 bridgehead atoms. The summed E-state index contributed by atoms with van der Waals surface area (Å²) in [5, 5.41) is 0. The van der Waals surface area contributed by atoms with Crippen LogP contribution in [0.25, 0.3) is 0 Å². The summed E-state index contributed by atoms with van der Waals surface area (Å²) >= 11 is 0. The van der Waals surface area contributed by atoms with Gasteiger partial charge in [0.15, 0.2) is 0 Å². The minimum absolute atomic E-state index is 1.45. The van der Waals surface area contributed by atoms with E-state index in [2.05, 4.69) is 291 Å². The third kappa shape index (κ3) is 16.5. The molecule has 0 aromatic heterocycles. The molecule has 0 spiro atoms. The van der Waals surface area contributed by atoms with Gasteiger partial charge in [0.2, 0.25) is 0 Å². The Morgan fingerprint density at radius 2 is 0.0595 bits per heavy atom. The SMILES string of the molecule is Cc1c(C)c(C)c(C)c(C)c1C.Cc1c(C)c(C)c(C)c(C)c1C.Cc1c(C)c(C)c(C)c(C)c1C.Cc1c(C)c(C)c(C)c(C)c1C.Cc1c(C)c(C)c(C)c(C)c1C.Cc1c(C)c(C)c(C)c(C)c1C.Cc1c(C)c(C)c(C)c(C)c1C. The molecule has 0 aliphatic heterocycles. The Morgan fingerprint density at radius 3 is 0.0714 bits per heavy atom. The largest absolute Gasteiger partial charge is 0.0447 e. The average Bonchev–Trinajstić information content (AvgIpc) is 3.50. The molecule has 0 fully saturated rings. The molecule has 0 saturated heterocycles. The number of benzene rings is 7. The molecule has 0 aliphatic rings. The highest BCUT2D eigenvalue weighted by molar-refractivity contribution is 5.54. The first kappa shape index (κ1) is 76.6. The summed E-state index contributed by atoms with van der Waals surface area (Å²) in [6, 6.07) is 0. The Kier molecular flexibility index (Phi) is 28.5. The van der Waals surface area contributed by atoms with Gasteiger partial charge in [-0.3, -0.25) is 0 Å². The van der Waals surface area contributed by atoms with E-state index in [1.807, 2.05) is 0 Å². The monoisotopic (exact) mass is 1130 g/mol. The van der Waals surface area contributed by atoms with Crippen LogP contribution in [0.5, 0.6) is 0 Å². The van der Waals surface area contributed by atoms with Crippen molar-refractivity contribution in [3.63, 3.8) is 0 Å². The van der Waals surface area contributed by atoms with Crippen molar-refractivity contribution in [2.24, 2.45) is 0 Å². The van der Waals surface area contributed by atoms with Crippen LogP contribution in [0, 0.1) is 291 Å². The van der Waals surface area contributed by atoms with Crippen molar-refractivity contribution in [3.8, 4) is 0 Å². The molecule has 0 atom stereocenters. The van der Waals surface area contributed by atoms with Crippen molar-refractivity contribution in [2.75, 3.05) is 0 Å². The predicted octanol–water partition coefficient (Wildman–Crippen LogP) is 24.8. The smallest absolute Gasteiger partial charge is 0.0392 e. The zero-order valence-electron chi connectivity index (χ0n) is 63.0. The van der Waals surface area contributed by atoms with Crippen LogP contribution in [0.15, 0.2) is 0 Å². The molecule has 0 amide bonds. The van der Waals surface area contributed by atoms with Crippen LogP contribution in [-0.4, -0.2) is 0 Å². The van der Waals surface area contributed by atoms with Crippen LogP contribution in [0.1, 0.15) is 234 Å². The zero-order valence-corrected chi connectivity index (χ0v) is 63.0. The first-order chi connectivity index (χ1) is 38.2. The van der Waals surface area contributed by atoms with Crippen molar-refractivity contribution < 1.29 is 0 Å². The molecule has 0 heteroatoms. The molecule has 0 radical (unpaired) electrons. The van der Waals surface area contributed by atoms with Crippen LogP contribution >= 0.6 is 0 Å². The van der Waals surface area contributed by atoms with E-state index in [9.17, 15) is 0 Å². The molecule has 7 aromatic carbocycles. The Balaban J connectivity index is 0.000000490. The molecule has 0 N–H and O–H groups in total. The fraction of sp³-hybridized carbons (Fsp3) is 0.500.